The smallest absolute Gasteiger partial charge is 0.269 e. The molecule has 2 heterocycles. The summed E-state index contributed by atoms with van der Waals surface area (Å²) in [5.74, 6) is -0.151. The Bertz CT molecular complexity index is 1000. The number of carbonyl (C=O) groups is 2. The Hall–Kier alpha value is -3.07. The first-order valence-corrected chi connectivity index (χ1v) is 8.10. The summed E-state index contributed by atoms with van der Waals surface area (Å²) in [7, 11) is 3.32. The quantitative estimate of drug-likeness (QED) is 0.406. The third-order valence-corrected chi connectivity index (χ3v) is 4.93. The van der Waals surface area contributed by atoms with Crippen LogP contribution >= 0.6 is 11.3 Å². The van der Waals surface area contributed by atoms with E-state index in [4.69, 9.17) is 0 Å². The molecule has 3 rings (SSSR count). The molecule has 2 aromatic heterocycles. The summed E-state index contributed by atoms with van der Waals surface area (Å²) < 4.78 is 1.64. The van der Waals surface area contributed by atoms with Crippen LogP contribution in [0.5, 0.6) is 0 Å². The van der Waals surface area contributed by atoms with Gasteiger partial charge in [-0.3, -0.25) is 24.1 Å². The number of nitro groups is 1. The number of imidazole rings is 1. The molecule has 0 atom stereocenters. The van der Waals surface area contributed by atoms with Crippen LogP contribution in [0.2, 0.25) is 0 Å². The Balaban J connectivity index is 2.16. The number of aromatic nitrogens is 2. The molecule has 1 aromatic carbocycles. The molecule has 0 saturated carbocycles. The van der Waals surface area contributed by atoms with Gasteiger partial charge in [0.15, 0.2) is 11.2 Å². The van der Waals surface area contributed by atoms with Crippen molar-refractivity contribution in [3.05, 3.63) is 50.6 Å². The second-order valence-electron chi connectivity index (χ2n) is 5.60. The van der Waals surface area contributed by atoms with E-state index in [1.54, 1.807) is 37.6 Å². The number of nitro benzene ring substituents is 1. The average molecular weight is 358 g/mol. The molecule has 0 N–H and O–H groups in total. The van der Waals surface area contributed by atoms with Crippen molar-refractivity contribution in [3.8, 4) is 11.3 Å². The van der Waals surface area contributed by atoms with Gasteiger partial charge in [-0.05, 0) is 19.1 Å². The van der Waals surface area contributed by atoms with Crippen LogP contribution in [0.1, 0.15) is 25.9 Å². The molecule has 0 spiro atoms. The van der Waals surface area contributed by atoms with Crippen LogP contribution in [0, 0.1) is 17.0 Å². The van der Waals surface area contributed by atoms with Gasteiger partial charge < -0.3 is 4.90 Å². The second-order valence-corrected chi connectivity index (χ2v) is 6.58. The number of amides is 1. The van der Waals surface area contributed by atoms with E-state index in [1.807, 2.05) is 0 Å². The van der Waals surface area contributed by atoms with Crippen LogP contribution in [0.25, 0.3) is 16.2 Å². The molecule has 0 saturated heterocycles. The fourth-order valence-corrected chi connectivity index (χ4v) is 3.69. The maximum absolute atomic E-state index is 12.2. The lowest BCUT2D eigenvalue weighted by molar-refractivity contribution is -0.384. The van der Waals surface area contributed by atoms with Gasteiger partial charge in [-0.15, -0.1) is 0 Å². The fraction of sp³-hybridized carbons (Fsp3) is 0.188. The minimum Gasteiger partial charge on any atom is -0.344 e. The number of non-ortho nitro benzene ring substituents is 1. The lowest BCUT2D eigenvalue weighted by Crippen LogP contribution is -2.21. The van der Waals surface area contributed by atoms with Gasteiger partial charge >= 0.3 is 0 Å². The number of hydrogen-bond donors (Lipinski definition) is 0. The van der Waals surface area contributed by atoms with E-state index in [2.05, 4.69) is 4.98 Å². The zero-order chi connectivity index (χ0) is 18.3. The van der Waals surface area contributed by atoms with Gasteiger partial charge in [0, 0.05) is 37.5 Å². The Morgan fingerprint density at radius 3 is 2.48 bits per heavy atom. The van der Waals surface area contributed by atoms with E-state index in [-0.39, 0.29) is 11.6 Å². The Labute approximate surface area is 146 Å². The van der Waals surface area contributed by atoms with E-state index < -0.39 is 4.92 Å². The molecule has 1 amide bonds. The van der Waals surface area contributed by atoms with Crippen LogP contribution in [0.15, 0.2) is 24.3 Å². The van der Waals surface area contributed by atoms with Crippen molar-refractivity contribution >= 4 is 34.2 Å². The molecule has 8 nitrogen and oxygen atoms in total. The lowest BCUT2D eigenvalue weighted by atomic mass is 10.1. The van der Waals surface area contributed by atoms with E-state index in [0.29, 0.717) is 38.8 Å². The number of hydrogen-bond acceptors (Lipinski definition) is 6. The second kappa shape index (κ2) is 6.10. The molecular weight excluding hydrogens is 344 g/mol. The largest absolute Gasteiger partial charge is 0.344 e. The van der Waals surface area contributed by atoms with Crippen molar-refractivity contribution in [2.45, 2.75) is 6.92 Å². The molecule has 0 aliphatic rings. The van der Waals surface area contributed by atoms with Gasteiger partial charge in [0.05, 0.1) is 4.92 Å². The summed E-state index contributed by atoms with van der Waals surface area (Å²) >= 11 is 1.21. The molecule has 3 aromatic rings. The number of fused-ring (bicyclic) bond motifs is 1. The first kappa shape index (κ1) is 16.8. The Morgan fingerprint density at radius 2 is 1.96 bits per heavy atom. The van der Waals surface area contributed by atoms with Crippen molar-refractivity contribution in [3.63, 3.8) is 0 Å². The molecule has 0 bridgehead atoms. The van der Waals surface area contributed by atoms with Gasteiger partial charge in [-0.2, -0.15) is 0 Å². The maximum Gasteiger partial charge on any atom is 0.269 e. The SMILES string of the molecule is Cc1c(C(=O)N(C)C)sc2nc(-c3ccc([N+](=O)[O-])cc3)c(C=O)n12. The summed E-state index contributed by atoms with van der Waals surface area (Å²) in [5.41, 5.74) is 1.95. The average Bonchev–Trinajstić information content (AvgIpc) is 3.11. The number of nitrogens with zero attached hydrogens (tertiary/aromatic N) is 4. The fourth-order valence-electron chi connectivity index (χ4n) is 2.53. The van der Waals surface area contributed by atoms with Crippen LogP contribution in [0.3, 0.4) is 0 Å². The van der Waals surface area contributed by atoms with Gasteiger partial charge in [-0.1, -0.05) is 11.3 Å². The highest BCUT2D eigenvalue weighted by Gasteiger charge is 2.23. The summed E-state index contributed by atoms with van der Waals surface area (Å²) in [6, 6.07) is 5.84. The summed E-state index contributed by atoms with van der Waals surface area (Å²) in [6.45, 7) is 1.76. The number of aryl methyl sites for hydroxylation is 1. The van der Waals surface area contributed by atoms with Crippen molar-refractivity contribution in [1.82, 2.24) is 14.3 Å². The number of carbonyl (C=O) groups excluding carboxylic acids is 2. The zero-order valence-electron chi connectivity index (χ0n) is 13.7. The molecule has 0 fully saturated rings. The van der Waals surface area contributed by atoms with Crippen LogP contribution < -0.4 is 0 Å². The first-order valence-electron chi connectivity index (χ1n) is 7.28. The van der Waals surface area contributed by atoms with E-state index in [0.717, 1.165) is 0 Å². The Kier molecular flexibility index (Phi) is 4.09. The standard InChI is InChI=1S/C16H14N4O4S/c1-9-14(15(22)18(2)3)25-16-17-13(12(8-21)19(9)16)10-4-6-11(7-5-10)20(23)24/h4-8H,1-3H3. The highest BCUT2D eigenvalue weighted by atomic mass is 32.1. The molecule has 0 radical (unpaired) electrons. The highest BCUT2D eigenvalue weighted by Crippen LogP contribution is 2.31. The van der Waals surface area contributed by atoms with Crippen molar-refractivity contribution in [2.24, 2.45) is 0 Å². The van der Waals surface area contributed by atoms with Gasteiger partial charge in [-0.25, -0.2) is 4.98 Å². The lowest BCUT2D eigenvalue weighted by Gasteiger charge is -2.08. The van der Waals surface area contributed by atoms with Crippen molar-refractivity contribution < 1.29 is 14.5 Å². The zero-order valence-corrected chi connectivity index (χ0v) is 14.5. The van der Waals surface area contributed by atoms with Crippen LogP contribution in [-0.4, -0.2) is 45.5 Å². The summed E-state index contributed by atoms with van der Waals surface area (Å²) in [4.78, 5) is 41.1. The molecule has 0 aliphatic carbocycles. The third-order valence-electron chi connectivity index (χ3n) is 3.80. The molecular formula is C16H14N4O4S. The molecule has 0 unspecified atom stereocenters. The first-order chi connectivity index (χ1) is 11.8. The monoisotopic (exact) mass is 358 g/mol. The maximum atomic E-state index is 12.2. The number of thiazole rings is 1. The van der Waals surface area contributed by atoms with Crippen molar-refractivity contribution in [1.29, 1.82) is 0 Å². The molecule has 128 valence electrons. The summed E-state index contributed by atoms with van der Waals surface area (Å²) in [6.07, 6.45) is 0.681. The minimum atomic E-state index is -0.487. The number of aldehydes is 1. The van der Waals surface area contributed by atoms with Crippen LogP contribution in [0.4, 0.5) is 5.69 Å². The van der Waals surface area contributed by atoms with E-state index in [9.17, 15) is 19.7 Å². The predicted molar refractivity (Wildman–Crippen MR) is 93.3 cm³/mol. The topological polar surface area (TPSA) is 97.8 Å². The minimum absolute atomic E-state index is 0.0347. The van der Waals surface area contributed by atoms with Crippen LogP contribution in [-0.2, 0) is 0 Å². The van der Waals surface area contributed by atoms with E-state index in [1.165, 1.54) is 28.4 Å². The number of rotatable bonds is 4. The number of benzene rings is 1. The van der Waals surface area contributed by atoms with Gasteiger partial charge in [0.2, 0.25) is 0 Å². The molecule has 9 heteroatoms. The van der Waals surface area contributed by atoms with Crippen molar-refractivity contribution in [2.75, 3.05) is 14.1 Å². The molecule has 0 aliphatic heterocycles. The van der Waals surface area contributed by atoms with E-state index >= 15 is 0 Å². The third kappa shape index (κ3) is 2.68. The van der Waals surface area contributed by atoms with Gasteiger partial charge in [0.1, 0.15) is 16.3 Å². The molecule has 25 heavy (non-hydrogen) atoms. The predicted octanol–water partition coefficient (Wildman–Crippen LogP) is 2.79. The summed E-state index contributed by atoms with van der Waals surface area (Å²) in [5, 5.41) is 10.8. The normalized spacial score (nSPS) is 10.8. The van der Waals surface area contributed by atoms with Gasteiger partial charge in [0.25, 0.3) is 11.6 Å². The Morgan fingerprint density at radius 1 is 1.32 bits per heavy atom. The highest BCUT2D eigenvalue weighted by molar-refractivity contribution is 7.19.